The summed E-state index contributed by atoms with van der Waals surface area (Å²) in [6, 6.07) is 14.0. The van der Waals surface area contributed by atoms with Crippen molar-refractivity contribution < 1.29 is 4.74 Å². The number of aromatic nitrogens is 2. The molecule has 1 fully saturated rings. The summed E-state index contributed by atoms with van der Waals surface area (Å²) in [6.07, 6.45) is 2.09. The number of nitrogens with two attached hydrogens (primary N) is 1. The number of pyridine rings is 1. The summed E-state index contributed by atoms with van der Waals surface area (Å²) >= 11 is 0. The number of imidazole rings is 1. The molecule has 3 heterocycles. The number of morpholine rings is 1. The predicted molar refractivity (Wildman–Crippen MR) is 88.1 cm³/mol. The monoisotopic (exact) mass is 294 g/mol. The minimum Gasteiger partial charge on any atom is -0.399 e. The molecule has 1 aliphatic heterocycles. The smallest absolute Gasteiger partial charge is 0.139 e. The summed E-state index contributed by atoms with van der Waals surface area (Å²) in [7, 11) is 0. The molecule has 0 bridgehead atoms. The number of hydrogen-bond acceptors (Lipinski definition) is 4. The number of fused-ring (bicyclic) bond motifs is 1. The van der Waals surface area contributed by atoms with Crippen molar-refractivity contribution in [1.82, 2.24) is 9.38 Å². The lowest BCUT2D eigenvalue weighted by atomic mass is 10.1. The molecule has 1 aliphatic rings. The van der Waals surface area contributed by atoms with Gasteiger partial charge in [0.25, 0.3) is 0 Å². The number of anilines is 2. The van der Waals surface area contributed by atoms with Crippen molar-refractivity contribution in [2.75, 3.05) is 36.9 Å². The van der Waals surface area contributed by atoms with Gasteiger partial charge < -0.3 is 15.4 Å². The first-order valence-corrected chi connectivity index (χ1v) is 7.48. The van der Waals surface area contributed by atoms with Gasteiger partial charge in [-0.25, -0.2) is 4.98 Å². The van der Waals surface area contributed by atoms with Gasteiger partial charge in [-0.2, -0.15) is 0 Å². The van der Waals surface area contributed by atoms with Gasteiger partial charge in [-0.3, -0.25) is 4.40 Å². The number of benzene rings is 1. The average molecular weight is 294 g/mol. The fourth-order valence-corrected chi connectivity index (χ4v) is 2.84. The van der Waals surface area contributed by atoms with Crippen molar-refractivity contribution in [3.63, 3.8) is 0 Å². The predicted octanol–water partition coefficient (Wildman–Crippen LogP) is 2.42. The Morgan fingerprint density at radius 3 is 2.55 bits per heavy atom. The molecule has 0 amide bonds. The summed E-state index contributed by atoms with van der Waals surface area (Å²) in [5.41, 5.74) is 9.51. The summed E-state index contributed by atoms with van der Waals surface area (Å²) < 4.78 is 7.59. The van der Waals surface area contributed by atoms with Gasteiger partial charge in [-0.15, -0.1) is 0 Å². The fraction of sp³-hybridized carbons (Fsp3) is 0.235. The molecule has 0 atom stereocenters. The quantitative estimate of drug-likeness (QED) is 0.738. The molecule has 2 aromatic heterocycles. The lowest BCUT2D eigenvalue weighted by Gasteiger charge is -2.29. The SMILES string of the molecule is Nc1ccc(-c2cn3c(N4CCOCC4)cccc3n2)cc1. The van der Waals surface area contributed by atoms with Crippen molar-refractivity contribution in [2.45, 2.75) is 0 Å². The lowest BCUT2D eigenvalue weighted by Crippen LogP contribution is -2.37. The Hall–Kier alpha value is -2.53. The third-order valence-corrected chi connectivity index (χ3v) is 4.01. The van der Waals surface area contributed by atoms with Crippen LogP contribution in [-0.2, 0) is 4.74 Å². The minimum absolute atomic E-state index is 0.765. The minimum atomic E-state index is 0.765. The van der Waals surface area contributed by atoms with E-state index in [1.165, 1.54) is 0 Å². The highest BCUT2D eigenvalue weighted by molar-refractivity contribution is 5.66. The van der Waals surface area contributed by atoms with E-state index in [9.17, 15) is 0 Å². The second-order valence-electron chi connectivity index (χ2n) is 5.46. The Morgan fingerprint density at radius 2 is 1.77 bits per heavy atom. The zero-order valence-corrected chi connectivity index (χ0v) is 12.3. The van der Waals surface area contributed by atoms with Crippen LogP contribution in [-0.4, -0.2) is 35.7 Å². The molecule has 0 radical (unpaired) electrons. The molecular weight excluding hydrogens is 276 g/mol. The van der Waals surface area contributed by atoms with Gasteiger partial charge in [0.1, 0.15) is 11.5 Å². The van der Waals surface area contributed by atoms with Gasteiger partial charge in [0.2, 0.25) is 0 Å². The van der Waals surface area contributed by atoms with E-state index in [0.29, 0.717) is 0 Å². The standard InChI is InChI=1S/C17H18N4O/c18-14-6-4-13(5-7-14)15-12-21-16(19-15)2-1-3-17(21)20-8-10-22-11-9-20/h1-7,12H,8-11,18H2. The Labute approximate surface area is 128 Å². The molecule has 3 aromatic rings. The molecule has 0 saturated carbocycles. The maximum atomic E-state index is 5.76. The average Bonchev–Trinajstić information content (AvgIpc) is 3.00. The van der Waals surface area contributed by atoms with Crippen LogP contribution in [0.5, 0.6) is 0 Å². The number of nitrogens with zero attached hydrogens (tertiary/aromatic N) is 3. The fourth-order valence-electron chi connectivity index (χ4n) is 2.84. The molecule has 1 aromatic carbocycles. The number of nitrogen functional groups attached to an aromatic ring is 1. The highest BCUT2D eigenvalue weighted by Gasteiger charge is 2.15. The van der Waals surface area contributed by atoms with E-state index in [1.807, 2.05) is 30.3 Å². The van der Waals surface area contributed by atoms with Crippen LogP contribution >= 0.6 is 0 Å². The second kappa shape index (κ2) is 5.35. The van der Waals surface area contributed by atoms with Crippen LogP contribution in [0.3, 0.4) is 0 Å². The van der Waals surface area contributed by atoms with E-state index < -0.39 is 0 Å². The van der Waals surface area contributed by atoms with Crippen LogP contribution in [0.2, 0.25) is 0 Å². The first-order chi connectivity index (χ1) is 10.8. The van der Waals surface area contributed by atoms with Crippen molar-refractivity contribution >= 4 is 17.2 Å². The Kier molecular flexibility index (Phi) is 3.20. The highest BCUT2D eigenvalue weighted by Crippen LogP contribution is 2.24. The first kappa shape index (κ1) is 13.2. The molecule has 0 aliphatic carbocycles. The van der Waals surface area contributed by atoms with Gasteiger partial charge in [-0.1, -0.05) is 18.2 Å². The molecule has 0 unspecified atom stereocenters. The van der Waals surface area contributed by atoms with E-state index in [2.05, 4.69) is 27.6 Å². The maximum absolute atomic E-state index is 5.76. The molecule has 1 saturated heterocycles. The van der Waals surface area contributed by atoms with E-state index in [4.69, 9.17) is 15.5 Å². The van der Waals surface area contributed by atoms with Crippen molar-refractivity contribution in [2.24, 2.45) is 0 Å². The Balaban J connectivity index is 1.78. The summed E-state index contributed by atoms with van der Waals surface area (Å²) in [5.74, 6) is 1.16. The number of ether oxygens (including phenoxy) is 1. The van der Waals surface area contributed by atoms with Crippen molar-refractivity contribution in [3.05, 3.63) is 48.7 Å². The van der Waals surface area contributed by atoms with Crippen LogP contribution in [0.15, 0.2) is 48.7 Å². The number of hydrogen-bond donors (Lipinski definition) is 1. The molecule has 22 heavy (non-hydrogen) atoms. The molecule has 112 valence electrons. The van der Waals surface area contributed by atoms with E-state index in [1.54, 1.807) is 0 Å². The normalized spacial score (nSPS) is 15.4. The van der Waals surface area contributed by atoms with Crippen molar-refractivity contribution in [1.29, 1.82) is 0 Å². The van der Waals surface area contributed by atoms with Gasteiger partial charge in [0.15, 0.2) is 0 Å². The van der Waals surface area contributed by atoms with Gasteiger partial charge in [-0.05, 0) is 24.3 Å². The Morgan fingerprint density at radius 1 is 1.00 bits per heavy atom. The van der Waals surface area contributed by atoms with Gasteiger partial charge in [0.05, 0.1) is 18.9 Å². The van der Waals surface area contributed by atoms with Crippen LogP contribution in [0.4, 0.5) is 11.5 Å². The summed E-state index contributed by atoms with van der Waals surface area (Å²) in [6.45, 7) is 3.37. The zero-order chi connectivity index (χ0) is 14.9. The van der Waals surface area contributed by atoms with Crippen molar-refractivity contribution in [3.8, 4) is 11.3 Å². The molecule has 5 heteroatoms. The molecule has 0 spiro atoms. The van der Waals surface area contributed by atoms with Crippen LogP contribution < -0.4 is 10.6 Å². The lowest BCUT2D eigenvalue weighted by molar-refractivity contribution is 0.122. The maximum Gasteiger partial charge on any atom is 0.139 e. The van der Waals surface area contributed by atoms with Crippen LogP contribution in [0.25, 0.3) is 16.9 Å². The van der Waals surface area contributed by atoms with Crippen LogP contribution in [0, 0.1) is 0 Å². The number of rotatable bonds is 2. The second-order valence-corrected chi connectivity index (χ2v) is 5.46. The largest absolute Gasteiger partial charge is 0.399 e. The van der Waals surface area contributed by atoms with Gasteiger partial charge in [0, 0.05) is 30.5 Å². The van der Waals surface area contributed by atoms with E-state index >= 15 is 0 Å². The van der Waals surface area contributed by atoms with Gasteiger partial charge >= 0.3 is 0 Å². The van der Waals surface area contributed by atoms with Crippen LogP contribution in [0.1, 0.15) is 0 Å². The summed E-state index contributed by atoms with van der Waals surface area (Å²) in [4.78, 5) is 7.07. The molecular formula is C17H18N4O. The first-order valence-electron chi connectivity index (χ1n) is 7.48. The van der Waals surface area contributed by atoms with E-state index in [-0.39, 0.29) is 0 Å². The molecule has 2 N–H and O–H groups in total. The Bertz CT molecular complexity index is 788. The molecule has 5 nitrogen and oxygen atoms in total. The topological polar surface area (TPSA) is 55.8 Å². The molecule has 4 rings (SSSR count). The van der Waals surface area contributed by atoms with E-state index in [0.717, 1.165) is 54.7 Å². The third kappa shape index (κ3) is 2.29. The highest BCUT2D eigenvalue weighted by atomic mass is 16.5. The summed E-state index contributed by atoms with van der Waals surface area (Å²) in [5, 5.41) is 0. The third-order valence-electron chi connectivity index (χ3n) is 4.01. The zero-order valence-electron chi connectivity index (χ0n) is 12.3.